The maximum atomic E-state index is 13.2. The van der Waals surface area contributed by atoms with E-state index >= 15 is 0 Å². The van der Waals surface area contributed by atoms with E-state index in [9.17, 15) is 4.39 Å². The molecule has 148 valence electrons. The van der Waals surface area contributed by atoms with Crippen LogP contribution in [0.4, 0.5) is 4.39 Å². The highest BCUT2D eigenvalue weighted by Gasteiger charge is 2.23. The number of hydrogen-bond donors (Lipinski definition) is 0. The Morgan fingerprint density at radius 1 is 0.862 bits per heavy atom. The summed E-state index contributed by atoms with van der Waals surface area (Å²) in [5.74, 6) is -0.177. The molecule has 1 aliphatic heterocycles. The van der Waals surface area contributed by atoms with Gasteiger partial charge in [0.1, 0.15) is 5.82 Å². The second-order valence-electron chi connectivity index (χ2n) is 7.87. The minimum Gasteiger partial charge on any atom is -0.293 e. The van der Waals surface area contributed by atoms with Crippen molar-refractivity contribution in [2.75, 3.05) is 13.1 Å². The van der Waals surface area contributed by atoms with Crippen molar-refractivity contribution in [3.63, 3.8) is 0 Å². The normalized spacial score (nSPS) is 17.6. The molecule has 0 aliphatic carbocycles. The molecule has 1 aliphatic rings. The van der Waals surface area contributed by atoms with Gasteiger partial charge in [0, 0.05) is 12.6 Å². The summed E-state index contributed by atoms with van der Waals surface area (Å²) in [6.45, 7) is 2.12. The molecule has 1 unspecified atom stereocenters. The van der Waals surface area contributed by atoms with Gasteiger partial charge >= 0.3 is 0 Å². The Kier molecular flexibility index (Phi) is 6.53. The smallest absolute Gasteiger partial charge is 0.123 e. The van der Waals surface area contributed by atoms with E-state index in [4.69, 9.17) is 0 Å². The first-order valence-corrected chi connectivity index (χ1v) is 10.6. The Hall–Kier alpha value is -2.71. The molecule has 0 amide bonds. The Morgan fingerprint density at radius 2 is 1.69 bits per heavy atom. The third kappa shape index (κ3) is 5.42. The molecule has 1 fully saturated rings. The highest BCUT2D eigenvalue weighted by molar-refractivity contribution is 5.48. The summed E-state index contributed by atoms with van der Waals surface area (Å²) < 4.78 is 13.2. The fourth-order valence-electron chi connectivity index (χ4n) is 4.22. The molecule has 0 aromatic heterocycles. The fourth-order valence-corrected chi connectivity index (χ4v) is 4.22. The minimum absolute atomic E-state index is 0.177. The molecule has 1 atom stereocenters. The highest BCUT2D eigenvalue weighted by Crippen LogP contribution is 2.31. The summed E-state index contributed by atoms with van der Waals surface area (Å²) in [6.07, 6.45) is 9.11. The summed E-state index contributed by atoms with van der Waals surface area (Å²) >= 11 is 0. The molecular formula is C27H28FN. The molecular weight excluding hydrogens is 357 g/mol. The van der Waals surface area contributed by atoms with E-state index in [2.05, 4.69) is 71.6 Å². The van der Waals surface area contributed by atoms with Crippen LogP contribution in [0.25, 0.3) is 6.08 Å². The minimum atomic E-state index is -0.177. The Balaban J connectivity index is 1.46. The maximum absolute atomic E-state index is 13.2. The van der Waals surface area contributed by atoms with Crippen LogP contribution in [0, 0.1) is 5.82 Å². The summed E-state index contributed by atoms with van der Waals surface area (Å²) in [5.41, 5.74) is 5.09. The van der Waals surface area contributed by atoms with Crippen LogP contribution >= 0.6 is 0 Å². The van der Waals surface area contributed by atoms with Gasteiger partial charge < -0.3 is 0 Å². The van der Waals surface area contributed by atoms with E-state index in [0.29, 0.717) is 6.04 Å². The number of benzene rings is 3. The van der Waals surface area contributed by atoms with Crippen molar-refractivity contribution in [3.8, 4) is 0 Å². The van der Waals surface area contributed by atoms with E-state index < -0.39 is 0 Å². The van der Waals surface area contributed by atoms with Crippen LogP contribution in [0.3, 0.4) is 0 Å². The number of nitrogens with zero attached hydrogens (tertiary/aromatic N) is 1. The maximum Gasteiger partial charge on any atom is 0.123 e. The van der Waals surface area contributed by atoms with E-state index in [1.165, 1.54) is 36.0 Å². The van der Waals surface area contributed by atoms with Crippen molar-refractivity contribution in [1.29, 1.82) is 0 Å². The zero-order valence-corrected chi connectivity index (χ0v) is 16.8. The van der Waals surface area contributed by atoms with E-state index in [-0.39, 0.29) is 5.82 Å². The molecule has 1 saturated heterocycles. The molecule has 29 heavy (non-hydrogen) atoms. The molecule has 0 N–H and O–H groups in total. The van der Waals surface area contributed by atoms with Crippen molar-refractivity contribution in [2.45, 2.75) is 31.7 Å². The van der Waals surface area contributed by atoms with Gasteiger partial charge in [0.05, 0.1) is 0 Å². The second kappa shape index (κ2) is 9.67. The first-order chi connectivity index (χ1) is 14.3. The first kappa shape index (κ1) is 19.6. The topological polar surface area (TPSA) is 3.24 Å². The largest absolute Gasteiger partial charge is 0.293 e. The number of halogens is 1. The summed E-state index contributed by atoms with van der Waals surface area (Å²) in [6, 6.07) is 26.8. The third-order valence-electron chi connectivity index (χ3n) is 5.72. The third-order valence-corrected chi connectivity index (χ3v) is 5.72. The lowest BCUT2D eigenvalue weighted by Crippen LogP contribution is -2.33. The lowest BCUT2D eigenvalue weighted by atomic mass is 9.93. The van der Waals surface area contributed by atoms with Gasteiger partial charge in [0.15, 0.2) is 0 Å². The van der Waals surface area contributed by atoms with Crippen molar-refractivity contribution < 1.29 is 4.39 Å². The van der Waals surface area contributed by atoms with E-state index in [1.807, 2.05) is 12.1 Å². The number of rotatable bonds is 6. The van der Waals surface area contributed by atoms with Crippen LogP contribution in [0.1, 0.15) is 47.6 Å². The molecule has 0 spiro atoms. The van der Waals surface area contributed by atoms with Gasteiger partial charge in [-0.2, -0.15) is 0 Å². The summed E-state index contributed by atoms with van der Waals surface area (Å²) in [7, 11) is 0. The van der Waals surface area contributed by atoms with Crippen LogP contribution < -0.4 is 0 Å². The second-order valence-corrected chi connectivity index (χ2v) is 7.87. The predicted molar refractivity (Wildman–Crippen MR) is 119 cm³/mol. The van der Waals surface area contributed by atoms with Crippen molar-refractivity contribution in [2.24, 2.45) is 0 Å². The Labute approximate surface area is 173 Å². The van der Waals surface area contributed by atoms with E-state index in [0.717, 1.165) is 25.1 Å². The fraction of sp³-hybridized carbons (Fsp3) is 0.259. The average Bonchev–Trinajstić information content (AvgIpc) is 2.77. The van der Waals surface area contributed by atoms with Crippen molar-refractivity contribution >= 4 is 6.08 Å². The molecule has 3 aromatic carbocycles. The van der Waals surface area contributed by atoms with Crippen molar-refractivity contribution in [1.82, 2.24) is 4.90 Å². The monoisotopic (exact) mass is 385 g/mol. The molecule has 3 aromatic rings. The number of hydrogen-bond acceptors (Lipinski definition) is 1. The van der Waals surface area contributed by atoms with E-state index in [1.54, 1.807) is 12.1 Å². The molecule has 1 heterocycles. The van der Waals surface area contributed by atoms with Gasteiger partial charge in [0.25, 0.3) is 0 Å². The summed E-state index contributed by atoms with van der Waals surface area (Å²) in [4.78, 5) is 2.60. The van der Waals surface area contributed by atoms with Gasteiger partial charge in [-0.05, 0) is 60.2 Å². The van der Waals surface area contributed by atoms with Crippen LogP contribution in [0.15, 0.2) is 84.9 Å². The lowest BCUT2D eigenvalue weighted by Gasteiger charge is -2.35. The quantitative estimate of drug-likeness (QED) is 0.459. The van der Waals surface area contributed by atoms with Crippen LogP contribution in [-0.2, 0) is 6.42 Å². The van der Waals surface area contributed by atoms with Gasteiger partial charge in [-0.3, -0.25) is 4.90 Å². The number of likely N-dealkylation sites (tertiary alicyclic amines) is 1. The average molecular weight is 386 g/mol. The Morgan fingerprint density at radius 3 is 2.52 bits per heavy atom. The predicted octanol–water partition coefficient (Wildman–Crippen LogP) is 6.66. The lowest BCUT2D eigenvalue weighted by molar-refractivity contribution is 0.166. The van der Waals surface area contributed by atoms with Gasteiger partial charge in [-0.15, -0.1) is 0 Å². The van der Waals surface area contributed by atoms with Gasteiger partial charge in [0.2, 0.25) is 0 Å². The summed E-state index contributed by atoms with van der Waals surface area (Å²) in [5, 5.41) is 0. The molecule has 1 nitrogen and oxygen atoms in total. The molecule has 2 heteroatoms. The van der Waals surface area contributed by atoms with Crippen molar-refractivity contribution in [3.05, 3.63) is 113 Å². The molecule has 4 rings (SSSR count). The number of piperidine rings is 1. The molecule has 0 bridgehead atoms. The molecule has 0 saturated carbocycles. The van der Waals surface area contributed by atoms with Gasteiger partial charge in [-0.1, -0.05) is 85.3 Å². The zero-order valence-electron chi connectivity index (χ0n) is 16.8. The standard InChI is InChI=1S/C27H28FN/c28-26-16-14-23(15-17-26)20-24-10-6-12-25(21-24)27-13-4-5-18-29(27)19-7-11-22-8-2-1-3-9-22/h1-3,6-12,14-17,21,27H,4-5,13,18-20H2. The molecule has 0 radical (unpaired) electrons. The SMILES string of the molecule is Fc1ccc(Cc2cccc(C3CCCCN3CC=Cc3ccccc3)c2)cc1. The van der Waals surface area contributed by atoms with Crippen LogP contribution in [-0.4, -0.2) is 18.0 Å². The first-order valence-electron chi connectivity index (χ1n) is 10.6. The highest BCUT2D eigenvalue weighted by atomic mass is 19.1. The van der Waals surface area contributed by atoms with Crippen LogP contribution in [0.5, 0.6) is 0 Å². The van der Waals surface area contributed by atoms with Crippen LogP contribution in [0.2, 0.25) is 0 Å². The van der Waals surface area contributed by atoms with Gasteiger partial charge in [-0.25, -0.2) is 4.39 Å². The Bertz CT molecular complexity index is 930. The zero-order chi connectivity index (χ0) is 19.9.